The van der Waals surface area contributed by atoms with Crippen LogP contribution in [0.3, 0.4) is 0 Å². The second-order valence-electron chi connectivity index (χ2n) is 3.91. The highest BCUT2D eigenvalue weighted by atomic mass is 79.9. The zero-order chi connectivity index (χ0) is 13.1. The van der Waals surface area contributed by atoms with Gasteiger partial charge in [0.05, 0.1) is 0 Å². The Hall–Kier alpha value is -1.29. The molecule has 0 N–H and O–H groups in total. The Balaban J connectivity index is 2.24. The summed E-state index contributed by atoms with van der Waals surface area (Å²) in [6, 6.07) is 10.2. The summed E-state index contributed by atoms with van der Waals surface area (Å²) in [5.41, 5.74) is 0.654. The van der Waals surface area contributed by atoms with E-state index in [4.69, 9.17) is 0 Å². The predicted octanol–water partition coefficient (Wildman–Crippen LogP) is 4.78. The summed E-state index contributed by atoms with van der Waals surface area (Å²) in [6.45, 7) is 0. The molecule has 0 aliphatic carbocycles. The minimum absolute atomic E-state index is 0.185. The maximum absolute atomic E-state index is 13.5. The molecule has 0 aromatic heterocycles. The fourth-order valence-corrected chi connectivity index (χ4v) is 2.46. The van der Waals surface area contributed by atoms with E-state index in [9.17, 15) is 13.2 Å². The SMILES string of the molecule is Fc1ccccc1C(Br)Cc1cccc(F)c1F. The van der Waals surface area contributed by atoms with Gasteiger partial charge in [0.25, 0.3) is 0 Å². The number of benzene rings is 2. The molecule has 0 nitrogen and oxygen atoms in total. The van der Waals surface area contributed by atoms with Crippen LogP contribution in [0.5, 0.6) is 0 Å². The smallest absolute Gasteiger partial charge is 0.162 e. The average Bonchev–Trinajstić information content (AvgIpc) is 2.35. The Morgan fingerprint density at radius 2 is 1.56 bits per heavy atom. The fourth-order valence-electron chi connectivity index (χ4n) is 1.74. The molecule has 0 aliphatic rings. The molecule has 0 spiro atoms. The summed E-state index contributed by atoms with van der Waals surface area (Å²) in [4.78, 5) is -0.394. The van der Waals surface area contributed by atoms with Crippen molar-refractivity contribution in [3.05, 3.63) is 71.0 Å². The van der Waals surface area contributed by atoms with E-state index in [1.54, 1.807) is 18.2 Å². The van der Waals surface area contributed by atoms with Gasteiger partial charge in [-0.15, -0.1) is 0 Å². The summed E-state index contributed by atoms with van der Waals surface area (Å²) in [6.07, 6.45) is 0.185. The van der Waals surface area contributed by atoms with Crippen molar-refractivity contribution >= 4 is 15.9 Å². The van der Waals surface area contributed by atoms with E-state index in [1.165, 1.54) is 18.2 Å². The van der Waals surface area contributed by atoms with E-state index in [0.29, 0.717) is 5.56 Å². The molecular formula is C14H10BrF3. The van der Waals surface area contributed by atoms with E-state index in [2.05, 4.69) is 15.9 Å². The first-order valence-corrected chi connectivity index (χ1v) is 6.32. The van der Waals surface area contributed by atoms with Crippen molar-refractivity contribution in [3.63, 3.8) is 0 Å². The lowest BCUT2D eigenvalue weighted by Gasteiger charge is -2.12. The molecule has 0 saturated carbocycles. The molecule has 0 heterocycles. The Bertz CT molecular complexity index is 554. The van der Waals surface area contributed by atoms with Gasteiger partial charge in [-0.1, -0.05) is 46.3 Å². The van der Waals surface area contributed by atoms with Gasteiger partial charge in [-0.2, -0.15) is 0 Å². The minimum atomic E-state index is -0.888. The van der Waals surface area contributed by atoms with E-state index in [-0.39, 0.29) is 17.8 Å². The van der Waals surface area contributed by atoms with Crippen LogP contribution >= 0.6 is 15.9 Å². The second kappa shape index (κ2) is 5.57. The van der Waals surface area contributed by atoms with Crippen LogP contribution in [0.4, 0.5) is 13.2 Å². The van der Waals surface area contributed by atoms with Crippen LogP contribution in [0.25, 0.3) is 0 Å². The van der Waals surface area contributed by atoms with Gasteiger partial charge in [-0.3, -0.25) is 0 Å². The number of halogens is 4. The van der Waals surface area contributed by atoms with Gasteiger partial charge in [0.1, 0.15) is 5.82 Å². The molecule has 0 fully saturated rings. The molecule has 18 heavy (non-hydrogen) atoms. The molecule has 0 saturated heterocycles. The van der Waals surface area contributed by atoms with Crippen LogP contribution in [0, 0.1) is 17.5 Å². The van der Waals surface area contributed by atoms with E-state index in [0.717, 1.165) is 6.07 Å². The molecule has 0 radical (unpaired) electrons. The third-order valence-corrected chi connectivity index (χ3v) is 3.49. The highest BCUT2D eigenvalue weighted by molar-refractivity contribution is 9.09. The number of alkyl halides is 1. The van der Waals surface area contributed by atoms with Gasteiger partial charge in [0.2, 0.25) is 0 Å². The molecule has 0 bridgehead atoms. The van der Waals surface area contributed by atoms with Crippen molar-refractivity contribution in [1.82, 2.24) is 0 Å². The van der Waals surface area contributed by atoms with Crippen LogP contribution in [0.2, 0.25) is 0 Å². The number of rotatable bonds is 3. The van der Waals surface area contributed by atoms with Crippen LogP contribution in [0.15, 0.2) is 42.5 Å². The van der Waals surface area contributed by atoms with Gasteiger partial charge in [0.15, 0.2) is 11.6 Å². The number of hydrogen-bond donors (Lipinski definition) is 0. The summed E-state index contributed by atoms with van der Waals surface area (Å²) >= 11 is 3.30. The van der Waals surface area contributed by atoms with Crippen molar-refractivity contribution in [2.24, 2.45) is 0 Å². The summed E-state index contributed by atoms with van der Waals surface area (Å²) in [7, 11) is 0. The zero-order valence-electron chi connectivity index (χ0n) is 9.34. The topological polar surface area (TPSA) is 0 Å². The Morgan fingerprint density at radius 3 is 2.28 bits per heavy atom. The van der Waals surface area contributed by atoms with Crippen molar-refractivity contribution < 1.29 is 13.2 Å². The summed E-state index contributed by atoms with van der Waals surface area (Å²) in [5, 5.41) is 0. The Kier molecular flexibility index (Phi) is 4.07. The second-order valence-corrected chi connectivity index (χ2v) is 5.01. The molecule has 0 amide bonds. The summed E-state index contributed by atoms with van der Waals surface area (Å²) < 4.78 is 40.1. The first kappa shape index (κ1) is 13.1. The van der Waals surface area contributed by atoms with Gasteiger partial charge >= 0.3 is 0 Å². The van der Waals surface area contributed by atoms with Crippen molar-refractivity contribution in [2.75, 3.05) is 0 Å². The third kappa shape index (κ3) is 2.75. The maximum Gasteiger partial charge on any atom is 0.162 e. The standard InChI is InChI=1S/C14H10BrF3/c15-11(10-5-1-2-6-12(10)16)8-9-4-3-7-13(17)14(9)18/h1-7,11H,8H2. The molecule has 1 atom stereocenters. The van der Waals surface area contributed by atoms with Gasteiger partial charge in [-0.25, -0.2) is 13.2 Å². The van der Waals surface area contributed by atoms with Crippen molar-refractivity contribution in [1.29, 1.82) is 0 Å². The molecule has 2 rings (SSSR count). The predicted molar refractivity (Wildman–Crippen MR) is 68.1 cm³/mol. The monoisotopic (exact) mass is 314 g/mol. The molecule has 2 aromatic carbocycles. The minimum Gasteiger partial charge on any atom is -0.207 e. The van der Waals surface area contributed by atoms with Gasteiger partial charge in [0, 0.05) is 10.4 Å². The lowest BCUT2D eigenvalue weighted by molar-refractivity contribution is 0.498. The molecule has 4 heteroatoms. The fraction of sp³-hybridized carbons (Fsp3) is 0.143. The van der Waals surface area contributed by atoms with Gasteiger partial charge < -0.3 is 0 Å². The average molecular weight is 315 g/mol. The van der Waals surface area contributed by atoms with Crippen LogP contribution in [0.1, 0.15) is 16.0 Å². The van der Waals surface area contributed by atoms with E-state index < -0.39 is 16.5 Å². The Labute approximate surface area is 112 Å². The van der Waals surface area contributed by atoms with Crippen LogP contribution in [-0.2, 0) is 6.42 Å². The van der Waals surface area contributed by atoms with Gasteiger partial charge in [-0.05, 0) is 24.1 Å². The summed E-state index contributed by atoms with van der Waals surface area (Å²) in [5.74, 6) is -2.13. The molecule has 2 aromatic rings. The van der Waals surface area contributed by atoms with Crippen LogP contribution < -0.4 is 0 Å². The zero-order valence-corrected chi connectivity index (χ0v) is 10.9. The lowest BCUT2D eigenvalue weighted by atomic mass is 10.0. The largest absolute Gasteiger partial charge is 0.207 e. The maximum atomic E-state index is 13.5. The van der Waals surface area contributed by atoms with E-state index in [1.807, 2.05) is 0 Å². The molecule has 94 valence electrons. The van der Waals surface area contributed by atoms with E-state index >= 15 is 0 Å². The third-order valence-electron chi connectivity index (χ3n) is 2.67. The first-order chi connectivity index (χ1) is 8.59. The highest BCUT2D eigenvalue weighted by Crippen LogP contribution is 2.30. The molecule has 0 aliphatic heterocycles. The first-order valence-electron chi connectivity index (χ1n) is 5.41. The van der Waals surface area contributed by atoms with Crippen molar-refractivity contribution in [2.45, 2.75) is 11.2 Å². The Morgan fingerprint density at radius 1 is 0.889 bits per heavy atom. The van der Waals surface area contributed by atoms with Crippen LogP contribution in [-0.4, -0.2) is 0 Å². The number of hydrogen-bond acceptors (Lipinski definition) is 0. The molecule has 1 unspecified atom stereocenters. The quantitative estimate of drug-likeness (QED) is 0.715. The normalized spacial score (nSPS) is 12.4. The van der Waals surface area contributed by atoms with Crippen molar-refractivity contribution in [3.8, 4) is 0 Å². The molecular weight excluding hydrogens is 305 g/mol. The highest BCUT2D eigenvalue weighted by Gasteiger charge is 2.16. The lowest BCUT2D eigenvalue weighted by Crippen LogP contribution is -2.01.